The summed E-state index contributed by atoms with van der Waals surface area (Å²) >= 11 is 2.98. The van der Waals surface area contributed by atoms with E-state index in [-0.39, 0.29) is 11.1 Å². The maximum Gasteiger partial charge on any atom is 0.416 e. The van der Waals surface area contributed by atoms with Gasteiger partial charge in [0.25, 0.3) is 0 Å². The molecular weight excluding hydrogens is 259 g/mol. The second-order valence-corrected chi connectivity index (χ2v) is 3.59. The lowest BCUT2D eigenvalue weighted by molar-refractivity contribution is -0.138. The van der Waals surface area contributed by atoms with Crippen molar-refractivity contribution >= 4 is 15.9 Å². The van der Waals surface area contributed by atoms with Gasteiger partial charge in [-0.1, -0.05) is 15.9 Å². The Kier molecular flexibility index (Phi) is 2.86. The summed E-state index contributed by atoms with van der Waals surface area (Å²) in [5, 5.41) is 8.50. The van der Waals surface area contributed by atoms with Crippen molar-refractivity contribution in [3.8, 4) is 6.07 Å². The smallest absolute Gasteiger partial charge is 0.192 e. The standard InChI is InChI=1S/C9H5BrF3N/c1-5-7(9(11,12)13)2-6(4-14)3-8(5)10/h2-3H,1H3. The molecule has 0 fully saturated rings. The van der Waals surface area contributed by atoms with Gasteiger partial charge in [0, 0.05) is 4.47 Å². The van der Waals surface area contributed by atoms with E-state index < -0.39 is 11.7 Å². The highest BCUT2D eigenvalue weighted by molar-refractivity contribution is 9.10. The van der Waals surface area contributed by atoms with E-state index in [0.29, 0.717) is 4.47 Å². The van der Waals surface area contributed by atoms with E-state index in [1.54, 1.807) is 6.07 Å². The second kappa shape index (κ2) is 3.62. The Labute approximate surface area is 87.3 Å². The van der Waals surface area contributed by atoms with Gasteiger partial charge in [0.1, 0.15) is 0 Å². The summed E-state index contributed by atoms with van der Waals surface area (Å²) in [4.78, 5) is 0. The Hall–Kier alpha value is -1.02. The predicted molar refractivity (Wildman–Crippen MR) is 48.6 cm³/mol. The van der Waals surface area contributed by atoms with Crippen LogP contribution in [0, 0.1) is 18.3 Å². The molecule has 0 heterocycles. The van der Waals surface area contributed by atoms with Gasteiger partial charge in [-0.25, -0.2) is 0 Å². The Morgan fingerprint density at radius 3 is 2.36 bits per heavy atom. The van der Waals surface area contributed by atoms with Crippen LogP contribution in [0.3, 0.4) is 0 Å². The van der Waals surface area contributed by atoms with Crippen molar-refractivity contribution in [1.29, 1.82) is 5.26 Å². The molecule has 5 heteroatoms. The minimum atomic E-state index is -4.42. The molecule has 0 aliphatic carbocycles. The van der Waals surface area contributed by atoms with Gasteiger partial charge < -0.3 is 0 Å². The maximum absolute atomic E-state index is 12.4. The van der Waals surface area contributed by atoms with E-state index in [4.69, 9.17) is 5.26 Å². The van der Waals surface area contributed by atoms with Crippen LogP contribution in [0.4, 0.5) is 13.2 Å². The highest BCUT2D eigenvalue weighted by Crippen LogP contribution is 2.35. The summed E-state index contributed by atoms with van der Waals surface area (Å²) in [6, 6.07) is 3.89. The van der Waals surface area contributed by atoms with Crippen molar-refractivity contribution in [1.82, 2.24) is 0 Å². The van der Waals surface area contributed by atoms with Crippen molar-refractivity contribution in [2.24, 2.45) is 0 Å². The summed E-state index contributed by atoms with van der Waals surface area (Å²) in [6.07, 6.45) is -4.42. The fourth-order valence-electron chi connectivity index (χ4n) is 1.04. The summed E-state index contributed by atoms with van der Waals surface area (Å²) in [5.74, 6) is 0. The molecule has 0 bridgehead atoms. The van der Waals surface area contributed by atoms with Crippen LogP contribution in [-0.2, 0) is 6.18 Å². The van der Waals surface area contributed by atoms with E-state index in [1.165, 1.54) is 13.0 Å². The molecule has 0 N–H and O–H groups in total. The molecular formula is C9H5BrF3N. The third kappa shape index (κ3) is 2.07. The molecule has 0 aliphatic heterocycles. The van der Waals surface area contributed by atoms with Gasteiger partial charge in [-0.2, -0.15) is 18.4 Å². The zero-order valence-corrected chi connectivity index (χ0v) is 8.70. The molecule has 1 aromatic rings. The van der Waals surface area contributed by atoms with Crippen molar-refractivity contribution < 1.29 is 13.2 Å². The van der Waals surface area contributed by atoms with Crippen LogP contribution >= 0.6 is 15.9 Å². The number of rotatable bonds is 0. The fraction of sp³-hybridized carbons (Fsp3) is 0.222. The van der Waals surface area contributed by atoms with Crippen LogP contribution in [0.2, 0.25) is 0 Å². The van der Waals surface area contributed by atoms with E-state index in [0.717, 1.165) is 6.07 Å². The van der Waals surface area contributed by atoms with E-state index in [9.17, 15) is 13.2 Å². The molecule has 1 rings (SSSR count). The van der Waals surface area contributed by atoms with Crippen LogP contribution in [0.1, 0.15) is 16.7 Å². The summed E-state index contributed by atoms with van der Waals surface area (Å²) in [7, 11) is 0. The molecule has 0 radical (unpaired) electrons. The molecule has 0 saturated carbocycles. The van der Waals surface area contributed by atoms with Crippen molar-refractivity contribution in [3.63, 3.8) is 0 Å². The summed E-state index contributed by atoms with van der Waals surface area (Å²) < 4.78 is 37.5. The third-order valence-electron chi connectivity index (χ3n) is 1.78. The number of halogens is 4. The number of hydrogen-bond donors (Lipinski definition) is 0. The topological polar surface area (TPSA) is 23.8 Å². The first-order chi connectivity index (χ1) is 6.36. The number of nitrogens with zero attached hydrogens (tertiary/aromatic N) is 1. The number of hydrogen-bond acceptors (Lipinski definition) is 1. The number of benzene rings is 1. The first-order valence-electron chi connectivity index (χ1n) is 3.63. The first kappa shape index (κ1) is 11.1. The molecule has 0 aromatic heterocycles. The molecule has 0 amide bonds. The third-order valence-corrected chi connectivity index (χ3v) is 2.60. The largest absolute Gasteiger partial charge is 0.416 e. The second-order valence-electron chi connectivity index (χ2n) is 2.74. The first-order valence-corrected chi connectivity index (χ1v) is 4.43. The van der Waals surface area contributed by atoms with Crippen molar-refractivity contribution in [2.45, 2.75) is 13.1 Å². The van der Waals surface area contributed by atoms with E-state index >= 15 is 0 Å². The van der Waals surface area contributed by atoms with Crippen molar-refractivity contribution in [2.75, 3.05) is 0 Å². The quantitative estimate of drug-likeness (QED) is 0.701. The number of nitriles is 1. The van der Waals surface area contributed by atoms with Crippen LogP contribution in [0.15, 0.2) is 16.6 Å². The molecule has 74 valence electrons. The molecule has 0 unspecified atom stereocenters. The molecule has 0 atom stereocenters. The highest BCUT2D eigenvalue weighted by Gasteiger charge is 2.33. The normalized spacial score (nSPS) is 11.1. The highest BCUT2D eigenvalue weighted by atomic mass is 79.9. The summed E-state index contributed by atoms with van der Waals surface area (Å²) in [5.41, 5.74) is -0.685. The zero-order valence-electron chi connectivity index (χ0n) is 7.11. The van der Waals surface area contributed by atoms with Crippen LogP contribution in [0.5, 0.6) is 0 Å². The van der Waals surface area contributed by atoms with Crippen LogP contribution in [-0.4, -0.2) is 0 Å². The summed E-state index contributed by atoms with van der Waals surface area (Å²) in [6.45, 7) is 1.36. The van der Waals surface area contributed by atoms with Gasteiger partial charge >= 0.3 is 6.18 Å². The maximum atomic E-state index is 12.4. The van der Waals surface area contributed by atoms with Gasteiger partial charge in [0.05, 0.1) is 17.2 Å². The molecule has 14 heavy (non-hydrogen) atoms. The molecule has 0 aliphatic rings. The zero-order chi connectivity index (χ0) is 10.9. The molecule has 0 spiro atoms. The van der Waals surface area contributed by atoms with Crippen LogP contribution < -0.4 is 0 Å². The van der Waals surface area contributed by atoms with Gasteiger partial charge in [-0.15, -0.1) is 0 Å². The van der Waals surface area contributed by atoms with Gasteiger partial charge in [-0.3, -0.25) is 0 Å². The molecule has 1 aromatic carbocycles. The Balaban J connectivity index is 3.44. The minimum absolute atomic E-state index is 0.00481. The van der Waals surface area contributed by atoms with Crippen LogP contribution in [0.25, 0.3) is 0 Å². The fourth-order valence-corrected chi connectivity index (χ4v) is 1.50. The monoisotopic (exact) mass is 263 g/mol. The lowest BCUT2D eigenvalue weighted by Gasteiger charge is -2.11. The Bertz CT molecular complexity index is 404. The van der Waals surface area contributed by atoms with Gasteiger partial charge in [-0.05, 0) is 24.6 Å². The van der Waals surface area contributed by atoms with E-state index in [1.807, 2.05) is 0 Å². The van der Waals surface area contributed by atoms with E-state index in [2.05, 4.69) is 15.9 Å². The molecule has 1 nitrogen and oxygen atoms in total. The average Bonchev–Trinajstić information content (AvgIpc) is 2.07. The predicted octanol–water partition coefficient (Wildman–Crippen LogP) is 3.65. The van der Waals surface area contributed by atoms with Gasteiger partial charge in [0.2, 0.25) is 0 Å². The SMILES string of the molecule is Cc1c(Br)cc(C#N)cc1C(F)(F)F. The van der Waals surface area contributed by atoms with Crippen molar-refractivity contribution in [3.05, 3.63) is 33.3 Å². The lowest BCUT2D eigenvalue weighted by Crippen LogP contribution is -2.08. The lowest BCUT2D eigenvalue weighted by atomic mass is 10.1. The number of alkyl halides is 3. The minimum Gasteiger partial charge on any atom is -0.192 e. The Morgan fingerprint density at radius 2 is 1.93 bits per heavy atom. The van der Waals surface area contributed by atoms with Gasteiger partial charge in [0.15, 0.2) is 0 Å². The Morgan fingerprint density at radius 1 is 1.36 bits per heavy atom. The molecule has 0 saturated heterocycles. The average molecular weight is 264 g/mol.